The number of nitrogens with two attached hydrogens (primary N) is 1. The van der Waals surface area contributed by atoms with E-state index in [1.807, 2.05) is 0 Å². The van der Waals surface area contributed by atoms with E-state index in [1.54, 1.807) is 12.1 Å². The number of nitrogens with zero attached hydrogens (tertiary/aromatic N) is 4. The molecule has 0 atom stereocenters. The normalized spacial score (nSPS) is 15.8. The standard InChI is InChI=1S/C20H20ClF3N4O3S.C13H13ClF3NO2.C6H7ClN2O/c1-31-14-5-8-25-16(21)15(14)26-17(32)27-18(29)28-9-6-19(30,7-10-28)12-3-2-4-13(11-12)20(22,23)24;14-11(19)18-6-4-12(20,5-7-18)9-2-1-3-10(8-9)13(15,16)17;1-10-4-2-3-9-6(7)5(4)8/h2-5,8,11,30H,6-7,9-10H2,1H3,(H2,26,27,29,32);1-3,8,20H,4-7H2;2-3H,8H2,1H3. The first-order valence-corrected chi connectivity index (χ1v) is 19.8. The molecule has 6 N–H and O–H groups in total. The number of carbonyl (C=O) groups is 2. The number of rotatable bonds is 5. The van der Waals surface area contributed by atoms with Gasteiger partial charge < -0.3 is 40.5 Å². The lowest BCUT2D eigenvalue weighted by atomic mass is 9.84. The van der Waals surface area contributed by atoms with Crippen LogP contribution in [0.25, 0.3) is 0 Å². The number of aliphatic hydroxyl groups is 2. The van der Waals surface area contributed by atoms with Gasteiger partial charge in [-0.05, 0) is 84.9 Å². The number of hydrogen-bond donors (Lipinski definition) is 5. The van der Waals surface area contributed by atoms with Crippen LogP contribution in [-0.2, 0) is 23.6 Å². The van der Waals surface area contributed by atoms with Crippen molar-refractivity contribution in [3.63, 3.8) is 0 Å². The molecule has 2 aliphatic rings. The molecule has 23 heteroatoms. The maximum Gasteiger partial charge on any atom is 0.416 e. The summed E-state index contributed by atoms with van der Waals surface area (Å²) >= 11 is 22.1. The zero-order chi connectivity index (χ0) is 46.0. The second kappa shape index (κ2) is 21.0. The van der Waals surface area contributed by atoms with Gasteiger partial charge in [0, 0.05) is 50.7 Å². The molecular weight excluding hydrogens is 915 g/mol. The molecule has 62 heavy (non-hydrogen) atoms. The molecule has 0 unspecified atom stereocenters. The van der Waals surface area contributed by atoms with Crippen LogP contribution in [-0.4, -0.2) is 86.9 Å². The number of alkyl halides is 6. The molecule has 6 rings (SSSR count). The van der Waals surface area contributed by atoms with E-state index < -0.39 is 46.1 Å². The Balaban J connectivity index is 0.000000237. The third-order valence-electron chi connectivity index (χ3n) is 9.84. The van der Waals surface area contributed by atoms with E-state index in [0.717, 1.165) is 24.3 Å². The van der Waals surface area contributed by atoms with Gasteiger partial charge in [0.25, 0.3) is 0 Å². The highest BCUT2D eigenvalue weighted by molar-refractivity contribution is 7.80. The maximum absolute atomic E-state index is 13.0. The number of ether oxygens (including phenoxy) is 2. The molecule has 3 amide bonds. The second-order valence-corrected chi connectivity index (χ2v) is 15.2. The lowest BCUT2D eigenvalue weighted by Gasteiger charge is -2.38. The van der Waals surface area contributed by atoms with Crippen molar-refractivity contribution in [1.29, 1.82) is 0 Å². The minimum atomic E-state index is -4.50. The number of amides is 3. The zero-order valence-corrected chi connectivity index (χ0v) is 35.9. The first-order chi connectivity index (χ1) is 29.0. The summed E-state index contributed by atoms with van der Waals surface area (Å²) in [5.74, 6) is 0.936. The predicted molar refractivity (Wildman–Crippen MR) is 224 cm³/mol. The van der Waals surface area contributed by atoms with Crippen LogP contribution in [0.5, 0.6) is 11.5 Å². The van der Waals surface area contributed by atoms with Crippen LogP contribution in [0.3, 0.4) is 0 Å². The number of halogens is 9. The van der Waals surface area contributed by atoms with E-state index >= 15 is 0 Å². The Morgan fingerprint density at radius 1 is 0.758 bits per heavy atom. The Morgan fingerprint density at radius 3 is 1.61 bits per heavy atom. The average molecular weight is 955 g/mol. The molecule has 2 fully saturated rings. The number of methoxy groups -OCH3 is 2. The molecule has 0 aliphatic carbocycles. The zero-order valence-electron chi connectivity index (χ0n) is 32.8. The van der Waals surface area contributed by atoms with Crippen LogP contribution in [0.4, 0.5) is 47.3 Å². The first-order valence-electron chi connectivity index (χ1n) is 18.3. The Morgan fingerprint density at radius 2 is 1.19 bits per heavy atom. The van der Waals surface area contributed by atoms with E-state index in [0.29, 0.717) is 22.9 Å². The van der Waals surface area contributed by atoms with Gasteiger partial charge in [-0.1, -0.05) is 47.5 Å². The van der Waals surface area contributed by atoms with Gasteiger partial charge in [-0.3, -0.25) is 10.1 Å². The van der Waals surface area contributed by atoms with Crippen LogP contribution in [0.2, 0.25) is 10.3 Å². The van der Waals surface area contributed by atoms with Gasteiger partial charge in [-0.15, -0.1) is 0 Å². The number of anilines is 2. The number of urea groups is 1. The average Bonchev–Trinajstić information content (AvgIpc) is 3.23. The number of likely N-dealkylation sites (tertiary alicyclic amines) is 2. The van der Waals surface area contributed by atoms with Crippen molar-refractivity contribution >= 4 is 74.9 Å². The highest BCUT2D eigenvalue weighted by Crippen LogP contribution is 2.39. The Hall–Kier alpha value is -4.86. The van der Waals surface area contributed by atoms with E-state index in [2.05, 4.69) is 20.6 Å². The Bertz CT molecular complexity index is 2210. The summed E-state index contributed by atoms with van der Waals surface area (Å²) in [6.07, 6.45) is -5.49. The Labute approximate surface area is 372 Å². The van der Waals surface area contributed by atoms with Crippen molar-refractivity contribution in [3.05, 3.63) is 106 Å². The minimum Gasteiger partial charge on any atom is -0.494 e. The van der Waals surface area contributed by atoms with Crippen LogP contribution in [0.15, 0.2) is 73.1 Å². The fraction of sp³-hybridized carbons (Fsp3) is 0.359. The number of carbonyl (C=O) groups excluding carboxylic acids is 2. The number of benzene rings is 2. The molecule has 4 heterocycles. The molecule has 4 aromatic rings. The summed E-state index contributed by atoms with van der Waals surface area (Å²) in [5.41, 5.74) is 2.09. The quantitative estimate of drug-likeness (QED) is 0.0425. The summed E-state index contributed by atoms with van der Waals surface area (Å²) in [6, 6.07) is 12.0. The van der Waals surface area contributed by atoms with Crippen LogP contribution >= 0.6 is 47.0 Å². The van der Waals surface area contributed by atoms with E-state index in [1.165, 1.54) is 60.7 Å². The van der Waals surface area contributed by atoms with Crippen molar-refractivity contribution in [2.45, 2.75) is 49.2 Å². The number of hydrogen-bond acceptors (Lipinski definition) is 10. The number of nitrogen functional groups attached to an aromatic ring is 1. The summed E-state index contributed by atoms with van der Waals surface area (Å²) < 4.78 is 87.1. The summed E-state index contributed by atoms with van der Waals surface area (Å²) in [7, 11) is 2.97. The molecule has 2 saturated heterocycles. The number of pyridine rings is 2. The van der Waals surface area contributed by atoms with Crippen LogP contribution in [0, 0.1) is 0 Å². The topological polar surface area (TPSA) is 175 Å². The number of aromatic nitrogens is 2. The molecule has 0 bridgehead atoms. The van der Waals surface area contributed by atoms with Crippen molar-refractivity contribution in [2.75, 3.05) is 51.4 Å². The molecule has 0 radical (unpaired) electrons. The van der Waals surface area contributed by atoms with Gasteiger partial charge in [0.15, 0.2) is 15.4 Å². The van der Waals surface area contributed by atoms with Crippen molar-refractivity contribution in [1.82, 2.24) is 25.1 Å². The number of thiocarbonyl (C=S) groups is 1. The van der Waals surface area contributed by atoms with Crippen molar-refractivity contribution in [2.24, 2.45) is 0 Å². The fourth-order valence-corrected chi connectivity index (χ4v) is 7.02. The summed E-state index contributed by atoms with van der Waals surface area (Å²) in [5, 5.41) is 26.4. The third-order valence-corrected chi connectivity index (χ3v) is 10.9. The number of piperidine rings is 2. The van der Waals surface area contributed by atoms with Gasteiger partial charge in [-0.2, -0.15) is 26.3 Å². The van der Waals surface area contributed by atoms with E-state index in [4.69, 9.17) is 62.2 Å². The molecule has 0 saturated carbocycles. The largest absolute Gasteiger partial charge is 0.494 e. The van der Waals surface area contributed by atoms with Crippen LogP contribution in [0.1, 0.15) is 47.9 Å². The third kappa shape index (κ3) is 13.1. The van der Waals surface area contributed by atoms with Gasteiger partial charge in [0.1, 0.15) is 22.9 Å². The lowest BCUT2D eigenvalue weighted by Crippen LogP contribution is -2.50. The monoisotopic (exact) mass is 953 g/mol. The van der Waals surface area contributed by atoms with Gasteiger partial charge in [0.2, 0.25) is 0 Å². The lowest BCUT2D eigenvalue weighted by molar-refractivity contribution is -0.138. The summed E-state index contributed by atoms with van der Waals surface area (Å²) in [6.45, 7) is 0.681. The van der Waals surface area contributed by atoms with E-state index in [-0.39, 0.29) is 78.4 Å². The molecule has 336 valence electrons. The van der Waals surface area contributed by atoms with Crippen LogP contribution < -0.4 is 25.8 Å². The molecule has 13 nitrogen and oxygen atoms in total. The minimum absolute atomic E-state index is 0.0399. The van der Waals surface area contributed by atoms with Gasteiger partial charge in [0.05, 0.1) is 36.5 Å². The molecule has 0 spiro atoms. The predicted octanol–water partition coefficient (Wildman–Crippen LogP) is 8.83. The van der Waals surface area contributed by atoms with E-state index in [9.17, 15) is 46.1 Å². The maximum atomic E-state index is 13.0. The van der Waals surface area contributed by atoms with Crippen molar-refractivity contribution in [3.8, 4) is 11.5 Å². The highest BCUT2D eigenvalue weighted by atomic mass is 35.5. The molecular formula is C39H40Cl3F6N7O6S. The smallest absolute Gasteiger partial charge is 0.416 e. The Kier molecular flexibility index (Phi) is 16.9. The number of nitrogens with one attached hydrogen (secondary N) is 2. The molecule has 2 aliphatic heterocycles. The molecule has 2 aromatic carbocycles. The summed E-state index contributed by atoms with van der Waals surface area (Å²) in [4.78, 5) is 34.0. The van der Waals surface area contributed by atoms with Crippen molar-refractivity contribution < 1.29 is 55.6 Å². The first kappa shape index (κ1) is 49.8. The second-order valence-electron chi connectivity index (χ2n) is 13.7. The van der Waals surface area contributed by atoms with Gasteiger partial charge >= 0.3 is 23.8 Å². The molecule has 2 aromatic heterocycles. The van der Waals surface area contributed by atoms with Gasteiger partial charge in [-0.25, -0.2) is 14.8 Å². The SMILES string of the molecule is COc1ccnc(Cl)c1N.COc1ccnc(Cl)c1NC(=S)NC(=O)N1CCC(O)(c2cccc(C(F)(F)F)c2)CC1.O=C(Cl)N1CCC(O)(c2cccc(C(F)(F)F)c2)CC1. The fourth-order valence-electron chi connectivity index (χ4n) is 6.31. The highest BCUT2D eigenvalue weighted by Gasteiger charge is 2.39.